The number of carboxylic acids is 4. The Kier molecular flexibility index (Phi) is 12.6. The Bertz CT molecular complexity index is 1070. The minimum atomic E-state index is -2.76. The van der Waals surface area contributed by atoms with E-state index in [4.69, 9.17) is 28.7 Å². The number of halogens is 1. The number of hydrogen-bond acceptors (Lipinski definition) is 7. The van der Waals surface area contributed by atoms with Crippen LogP contribution in [-0.2, 0) is 24.6 Å². The molecule has 1 unspecified atom stereocenters. The highest BCUT2D eigenvalue weighted by Gasteiger charge is 2.32. The second-order valence-electron chi connectivity index (χ2n) is 7.18. The molecule has 11 nitrogen and oxygen atoms in total. The Balaban J connectivity index is 0. The quantitative estimate of drug-likeness (QED) is 0.284. The lowest BCUT2D eigenvalue weighted by molar-refractivity contribution is -0.134. The fourth-order valence-electron chi connectivity index (χ4n) is 2.36. The molecule has 0 aliphatic carbocycles. The molecule has 1 aromatic carbocycles. The monoisotopic (exact) mass is 575 g/mol. The van der Waals surface area contributed by atoms with E-state index in [1.54, 1.807) is 0 Å². The molecule has 0 saturated heterocycles. The molecule has 0 aliphatic rings. The molecular formula is C24H32BrN3O8. The fraction of sp³-hybridized carbons (Fsp3) is 0.375. The van der Waals surface area contributed by atoms with Gasteiger partial charge in [0.05, 0.1) is 11.5 Å². The highest BCUT2D eigenvalue weighted by Crippen LogP contribution is 2.32. The third kappa shape index (κ3) is 18.8. The molecule has 4 N–H and O–H groups in total. The van der Waals surface area contributed by atoms with Crippen molar-refractivity contribution in [2.24, 2.45) is 0 Å². The highest BCUT2D eigenvalue weighted by atomic mass is 79.9. The standard InChI is InChI=1S/C16H24BrN3.2C4H4O4/c1-19(2)11-9-16(13-18,10-12-20(3)4)14-5-7-15(17)8-6-14;2*5-3(6)1-2-4(7)8/h5-8H,9-12H2,1-4H3;2*1-2H,(H,5,6)(H,7,8)/b;2*2-1-/i1D3,2D3;;. The van der Waals surface area contributed by atoms with Gasteiger partial charge < -0.3 is 30.2 Å². The summed E-state index contributed by atoms with van der Waals surface area (Å²) < 4.78 is 46.0. The van der Waals surface area contributed by atoms with Crippen LogP contribution in [0.15, 0.2) is 53.0 Å². The number of aliphatic carboxylic acids is 4. The molecule has 36 heavy (non-hydrogen) atoms. The van der Waals surface area contributed by atoms with Gasteiger partial charge in [-0.15, -0.1) is 0 Å². The predicted molar refractivity (Wildman–Crippen MR) is 137 cm³/mol. The maximum atomic E-state index is 9.95. The number of carboxylic acid groups (broad SMARTS) is 4. The molecule has 0 saturated carbocycles. The summed E-state index contributed by atoms with van der Waals surface area (Å²) in [7, 11) is 3.78. The maximum Gasteiger partial charge on any atom is 0.328 e. The van der Waals surface area contributed by atoms with E-state index in [1.165, 1.54) is 0 Å². The molecule has 1 atom stereocenters. The van der Waals surface area contributed by atoms with Gasteiger partial charge in [0, 0.05) is 37.0 Å². The Hall–Kier alpha value is -3.53. The van der Waals surface area contributed by atoms with Crippen molar-refractivity contribution in [2.45, 2.75) is 18.3 Å². The van der Waals surface area contributed by atoms with Crippen molar-refractivity contribution in [2.75, 3.05) is 41.1 Å². The van der Waals surface area contributed by atoms with Gasteiger partial charge in [0.2, 0.25) is 0 Å². The van der Waals surface area contributed by atoms with Crippen molar-refractivity contribution in [3.8, 4) is 6.07 Å². The number of benzene rings is 1. The van der Waals surface area contributed by atoms with Crippen LogP contribution in [0.2, 0.25) is 0 Å². The zero-order valence-electron chi connectivity index (χ0n) is 25.6. The molecule has 0 radical (unpaired) electrons. The number of rotatable bonds is 11. The third-order valence-electron chi connectivity index (χ3n) is 4.10. The summed E-state index contributed by atoms with van der Waals surface area (Å²) in [5.41, 5.74) is -0.221. The highest BCUT2D eigenvalue weighted by molar-refractivity contribution is 9.10. The first-order valence-electron chi connectivity index (χ1n) is 12.9. The normalized spacial score (nSPS) is 15.3. The van der Waals surface area contributed by atoms with Crippen molar-refractivity contribution in [3.05, 3.63) is 58.6 Å². The average molecular weight is 576 g/mol. The van der Waals surface area contributed by atoms with Gasteiger partial charge in [-0.3, -0.25) is 0 Å². The number of nitriles is 1. The molecule has 0 spiro atoms. The molecule has 0 fully saturated rings. The lowest BCUT2D eigenvalue weighted by Crippen LogP contribution is -2.33. The van der Waals surface area contributed by atoms with E-state index < -0.39 is 43.2 Å². The van der Waals surface area contributed by atoms with Gasteiger partial charge in [-0.1, -0.05) is 28.1 Å². The van der Waals surface area contributed by atoms with Crippen LogP contribution in [0, 0.1) is 11.3 Å². The van der Waals surface area contributed by atoms with E-state index in [0.717, 1.165) is 10.0 Å². The molecular weight excluding hydrogens is 538 g/mol. The summed E-state index contributed by atoms with van der Waals surface area (Å²) >= 11 is 3.36. The van der Waals surface area contributed by atoms with Crippen LogP contribution < -0.4 is 0 Å². The van der Waals surface area contributed by atoms with Gasteiger partial charge >= 0.3 is 23.9 Å². The van der Waals surface area contributed by atoms with Crippen LogP contribution in [0.3, 0.4) is 0 Å². The Morgan fingerprint density at radius 3 is 1.50 bits per heavy atom. The maximum absolute atomic E-state index is 9.95. The van der Waals surface area contributed by atoms with Gasteiger partial charge in [-0.2, -0.15) is 5.26 Å². The minimum absolute atomic E-state index is 0.107. The van der Waals surface area contributed by atoms with E-state index in [2.05, 4.69) is 22.0 Å². The summed E-state index contributed by atoms with van der Waals surface area (Å²) in [4.78, 5) is 40.7. The number of hydrogen-bond donors (Lipinski definition) is 4. The van der Waals surface area contributed by atoms with E-state index in [1.807, 2.05) is 43.3 Å². The third-order valence-corrected chi connectivity index (χ3v) is 4.62. The van der Waals surface area contributed by atoms with Crippen molar-refractivity contribution < 1.29 is 47.8 Å². The summed E-state index contributed by atoms with van der Waals surface area (Å²) in [6.45, 7) is -5.13. The van der Waals surface area contributed by atoms with Crippen LogP contribution in [0.5, 0.6) is 0 Å². The first kappa shape index (κ1) is 24.2. The molecule has 1 aromatic rings. The molecule has 0 aliphatic heterocycles. The van der Waals surface area contributed by atoms with Gasteiger partial charge in [0.25, 0.3) is 0 Å². The van der Waals surface area contributed by atoms with E-state index in [9.17, 15) is 24.4 Å². The van der Waals surface area contributed by atoms with Crippen LogP contribution in [-0.4, -0.2) is 95.2 Å². The number of carbonyl (C=O) groups is 4. The van der Waals surface area contributed by atoms with E-state index >= 15 is 0 Å². The molecule has 0 amide bonds. The zero-order chi connectivity index (χ0) is 33.3. The Morgan fingerprint density at radius 2 is 1.22 bits per heavy atom. The molecule has 1 rings (SSSR count). The van der Waals surface area contributed by atoms with E-state index in [-0.39, 0.29) is 13.0 Å². The Morgan fingerprint density at radius 1 is 0.861 bits per heavy atom. The molecule has 0 aromatic heterocycles. The van der Waals surface area contributed by atoms with Crippen LogP contribution >= 0.6 is 15.9 Å². The van der Waals surface area contributed by atoms with Crippen LogP contribution in [0.1, 0.15) is 26.6 Å². The smallest absolute Gasteiger partial charge is 0.328 e. The summed E-state index contributed by atoms with van der Waals surface area (Å²) in [5.74, 6) is -5.03. The molecule has 0 heterocycles. The lowest BCUT2D eigenvalue weighted by Gasteiger charge is -2.30. The Labute approximate surface area is 227 Å². The zero-order valence-corrected chi connectivity index (χ0v) is 21.2. The van der Waals surface area contributed by atoms with Crippen molar-refractivity contribution in [3.63, 3.8) is 0 Å². The summed E-state index contributed by atoms with van der Waals surface area (Å²) in [6, 6.07) is 9.61. The van der Waals surface area contributed by atoms with Crippen molar-refractivity contribution in [1.29, 1.82) is 5.26 Å². The first-order valence-corrected chi connectivity index (χ1v) is 10.7. The van der Waals surface area contributed by atoms with E-state index in [0.29, 0.717) is 42.2 Å². The largest absolute Gasteiger partial charge is 0.478 e. The second kappa shape index (κ2) is 18.8. The van der Waals surface area contributed by atoms with Gasteiger partial charge in [0.15, 0.2) is 0 Å². The fourth-order valence-corrected chi connectivity index (χ4v) is 2.63. The number of nitrogens with zero attached hydrogens (tertiary/aromatic N) is 3. The summed E-state index contributed by atoms with van der Waals surface area (Å²) in [6.07, 6.45) is 2.80. The lowest BCUT2D eigenvalue weighted by atomic mass is 9.76. The van der Waals surface area contributed by atoms with Crippen molar-refractivity contribution in [1.82, 2.24) is 9.80 Å². The minimum Gasteiger partial charge on any atom is -0.478 e. The van der Waals surface area contributed by atoms with Gasteiger partial charge in [0.1, 0.15) is 0 Å². The molecule has 198 valence electrons. The van der Waals surface area contributed by atoms with Gasteiger partial charge in [-0.25, -0.2) is 19.2 Å². The SMILES string of the molecule is O=C(O)/C=C\C(=O)O.O=C(O)/C=C\C(=O)O.[2H]C([2H])([2H])N(CCC(C#N)(CCN(C)C)c1ccc(Br)cc1)C([2H])([2H])[2H]. The first-order chi connectivity index (χ1) is 19.1. The van der Waals surface area contributed by atoms with Crippen LogP contribution in [0.25, 0.3) is 0 Å². The topological polar surface area (TPSA) is 179 Å². The average Bonchev–Trinajstić information content (AvgIpc) is 2.83. The summed E-state index contributed by atoms with van der Waals surface area (Å²) in [5, 5.41) is 41.2. The molecule has 12 heteroatoms. The molecule has 0 bridgehead atoms. The van der Waals surface area contributed by atoms with Crippen LogP contribution in [0.4, 0.5) is 0 Å². The predicted octanol–water partition coefficient (Wildman–Crippen LogP) is 2.54. The van der Waals surface area contributed by atoms with Gasteiger partial charge in [-0.05, 0) is 71.7 Å². The second-order valence-corrected chi connectivity index (χ2v) is 8.09. The van der Waals surface area contributed by atoms with Crippen molar-refractivity contribution >= 4 is 39.8 Å².